The molecule has 0 aliphatic heterocycles. The lowest BCUT2D eigenvalue weighted by atomic mass is 10.5. The van der Waals surface area contributed by atoms with Crippen LogP contribution in [0.2, 0.25) is 0 Å². The van der Waals surface area contributed by atoms with Gasteiger partial charge in [0.25, 0.3) is 0 Å². The maximum absolute atomic E-state index is 9.47. The molecule has 0 aromatic heterocycles. The molecule has 0 fully saturated rings. The minimum absolute atomic E-state index is 0.481. The van der Waals surface area contributed by atoms with Gasteiger partial charge in [-0.25, -0.2) is 0 Å². The van der Waals surface area contributed by atoms with Gasteiger partial charge in [-0.1, -0.05) is 20.4 Å². The standard InChI is InChI=1S/C6H14O.C3H5NO/c1-3-5-7-6-4-2;1-2-3(4)5/h3-6H2,1-2H3;2H,1H2,(H2,4,5). The molecule has 0 saturated heterocycles. The van der Waals surface area contributed by atoms with Crippen molar-refractivity contribution < 1.29 is 9.53 Å². The van der Waals surface area contributed by atoms with Crippen LogP contribution in [0, 0.1) is 0 Å². The van der Waals surface area contributed by atoms with Crippen molar-refractivity contribution in [1.82, 2.24) is 0 Å². The zero-order valence-corrected chi connectivity index (χ0v) is 8.01. The molecular formula is C9H19NO2. The summed E-state index contributed by atoms with van der Waals surface area (Å²) in [4.78, 5) is 9.47. The number of carbonyl (C=O) groups is 1. The summed E-state index contributed by atoms with van der Waals surface area (Å²) in [6.45, 7) is 9.18. The first-order chi connectivity index (χ1) is 5.68. The lowest BCUT2D eigenvalue weighted by Gasteiger charge is -1.95. The number of carbonyl (C=O) groups excluding carboxylic acids is 1. The van der Waals surface area contributed by atoms with E-state index in [4.69, 9.17) is 4.74 Å². The van der Waals surface area contributed by atoms with E-state index in [2.05, 4.69) is 26.2 Å². The minimum atomic E-state index is -0.481. The molecule has 0 heterocycles. The minimum Gasteiger partial charge on any atom is -0.381 e. The molecule has 3 heteroatoms. The van der Waals surface area contributed by atoms with E-state index in [1.54, 1.807) is 0 Å². The molecule has 2 N–H and O–H groups in total. The molecule has 0 bridgehead atoms. The van der Waals surface area contributed by atoms with Crippen molar-refractivity contribution in [2.45, 2.75) is 26.7 Å². The molecule has 0 saturated carbocycles. The molecule has 1 amide bonds. The van der Waals surface area contributed by atoms with E-state index in [1.165, 1.54) is 0 Å². The fourth-order valence-electron chi connectivity index (χ4n) is 0.391. The summed E-state index contributed by atoms with van der Waals surface area (Å²) in [5.74, 6) is -0.481. The maximum Gasteiger partial charge on any atom is 0.240 e. The first kappa shape index (κ1) is 13.7. The molecular weight excluding hydrogens is 154 g/mol. The van der Waals surface area contributed by atoms with E-state index in [0.717, 1.165) is 32.1 Å². The third kappa shape index (κ3) is 22.9. The van der Waals surface area contributed by atoms with E-state index in [9.17, 15) is 4.79 Å². The second kappa shape index (κ2) is 12.8. The number of nitrogens with two attached hydrogens (primary N) is 1. The van der Waals surface area contributed by atoms with Gasteiger partial charge >= 0.3 is 0 Å². The van der Waals surface area contributed by atoms with Crippen LogP contribution >= 0.6 is 0 Å². The number of hydrogen-bond acceptors (Lipinski definition) is 2. The first-order valence-electron chi connectivity index (χ1n) is 4.18. The van der Waals surface area contributed by atoms with Gasteiger partial charge in [-0.05, 0) is 18.9 Å². The van der Waals surface area contributed by atoms with E-state index in [0.29, 0.717) is 0 Å². The molecule has 0 aliphatic carbocycles. The summed E-state index contributed by atoms with van der Waals surface area (Å²) in [6, 6.07) is 0. The van der Waals surface area contributed by atoms with E-state index in [-0.39, 0.29) is 0 Å². The number of rotatable bonds is 5. The van der Waals surface area contributed by atoms with Crippen LogP contribution < -0.4 is 5.73 Å². The Kier molecular flexibility index (Phi) is 14.7. The van der Waals surface area contributed by atoms with Crippen molar-refractivity contribution in [2.24, 2.45) is 5.73 Å². The highest BCUT2D eigenvalue weighted by Crippen LogP contribution is 1.81. The maximum atomic E-state index is 9.47. The van der Waals surface area contributed by atoms with Crippen LogP contribution in [-0.4, -0.2) is 19.1 Å². The zero-order chi connectivity index (χ0) is 9.82. The summed E-state index contributed by atoms with van der Waals surface area (Å²) in [5.41, 5.74) is 4.53. The van der Waals surface area contributed by atoms with Gasteiger partial charge in [0.1, 0.15) is 0 Å². The smallest absolute Gasteiger partial charge is 0.240 e. The largest absolute Gasteiger partial charge is 0.381 e. The Morgan fingerprint density at radius 3 is 1.92 bits per heavy atom. The van der Waals surface area contributed by atoms with Gasteiger partial charge < -0.3 is 10.5 Å². The van der Waals surface area contributed by atoms with Crippen LogP contribution in [0.4, 0.5) is 0 Å². The van der Waals surface area contributed by atoms with Crippen molar-refractivity contribution >= 4 is 5.91 Å². The van der Waals surface area contributed by atoms with Crippen LogP contribution in [0.15, 0.2) is 12.7 Å². The van der Waals surface area contributed by atoms with E-state index in [1.807, 2.05) is 0 Å². The Morgan fingerprint density at radius 2 is 1.75 bits per heavy atom. The summed E-state index contributed by atoms with van der Waals surface area (Å²) in [6.07, 6.45) is 3.33. The van der Waals surface area contributed by atoms with Crippen molar-refractivity contribution in [3.63, 3.8) is 0 Å². The highest BCUT2D eigenvalue weighted by atomic mass is 16.5. The molecule has 0 rings (SSSR count). The van der Waals surface area contributed by atoms with Gasteiger partial charge in [0.15, 0.2) is 0 Å². The molecule has 0 spiro atoms. The summed E-state index contributed by atoms with van der Waals surface area (Å²) in [7, 11) is 0. The van der Waals surface area contributed by atoms with E-state index >= 15 is 0 Å². The number of ether oxygens (including phenoxy) is 1. The monoisotopic (exact) mass is 173 g/mol. The van der Waals surface area contributed by atoms with Crippen molar-refractivity contribution in [1.29, 1.82) is 0 Å². The predicted molar refractivity (Wildman–Crippen MR) is 50.8 cm³/mol. The van der Waals surface area contributed by atoms with Crippen LogP contribution in [0.1, 0.15) is 26.7 Å². The number of primary amides is 1. The third-order valence-corrected chi connectivity index (χ3v) is 0.898. The van der Waals surface area contributed by atoms with E-state index < -0.39 is 5.91 Å². The molecule has 72 valence electrons. The molecule has 0 unspecified atom stereocenters. The van der Waals surface area contributed by atoms with Gasteiger partial charge in [-0.3, -0.25) is 4.79 Å². The van der Waals surface area contributed by atoms with Crippen molar-refractivity contribution in [3.8, 4) is 0 Å². The van der Waals surface area contributed by atoms with Crippen LogP contribution in [0.25, 0.3) is 0 Å². The SMILES string of the molecule is C=CC(N)=O.CCCOCCC. The lowest BCUT2D eigenvalue weighted by Crippen LogP contribution is -2.04. The quantitative estimate of drug-likeness (QED) is 0.505. The normalized spacial score (nSPS) is 8.17. The average Bonchev–Trinajstić information content (AvgIpc) is 2.07. The summed E-state index contributed by atoms with van der Waals surface area (Å²) >= 11 is 0. The highest BCUT2D eigenvalue weighted by Gasteiger charge is 1.77. The number of hydrogen-bond donors (Lipinski definition) is 1. The molecule has 12 heavy (non-hydrogen) atoms. The van der Waals surface area contributed by atoms with Gasteiger partial charge in [0.05, 0.1) is 0 Å². The Bertz CT molecular complexity index is 109. The molecule has 3 nitrogen and oxygen atoms in total. The van der Waals surface area contributed by atoms with Crippen molar-refractivity contribution in [3.05, 3.63) is 12.7 Å². The zero-order valence-electron chi connectivity index (χ0n) is 8.01. The topological polar surface area (TPSA) is 52.3 Å². The molecule has 0 aromatic rings. The number of amides is 1. The Hall–Kier alpha value is -0.830. The second-order valence-electron chi connectivity index (χ2n) is 2.22. The summed E-state index contributed by atoms with van der Waals surface area (Å²) < 4.78 is 5.13. The van der Waals surface area contributed by atoms with Crippen molar-refractivity contribution in [2.75, 3.05) is 13.2 Å². The first-order valence-corrected chi connectivity index (χ1v) is 4.18. The van der Waals surface area contributed by atoms with Gasteiger partial charge in [0.2, 0.25) is 5.91 Å². The lowest BCUT2D eigenvalue weighted by molar-refractivity contribution is -0.113. The van der Waals surface area contributed by atoms with Gasteiger partial charge in [-0.15, -0.1) is 0 Å². The Labute approximate surface area is 74.6 Å². The molecule has 0 atom stereocenters. The molecule has 0 radical (unpaired) electrons. The van der Waals surface area contributed by atoms with Gasteiger partial charge in [0, 0.05) is 13.2 Å². The Morgan fingerprint density at radius 1 is 1.42 bits per heavy atom. The highest BCUT2D eigenvalue weighted by molar-refractivity contribution is 5.84. The molecule has 0 aliphatic rings. The summed E-state index contributed by atoms with van der Waals surface area (Å²) in [5, 5.41) is 0. The third-order valence-electron chi connectivity index (χ3n) is 0.898. The fourth-order valence-corrected chi connectivity index (χ4v) is 0.391. The fraction of sp³-hybridized carbons (Fsp3) is 0.667. The average molecular weight is 173 g/mol. The Balaban J connectivity index is 0. The van der Waals surface area contributed by atoms with Crippen LogP contribution in [-0.2, 0) is 9.53 Å². The van der Waals surface area contributed by atoms with Gasteiger partial charge in [-0.2, -0.15) is 0 Å². The van der Waals surface area contributed by atoms with Crippen LogP contribution in [0.5, 0.6) is 0 Å². The molecule has 0 aromatic carbocycles. The second-order valence-corrected chi connectivity index (χ2v) is 2.22. The van der Waals surface area contributed by atoms with Crippen LogP contribution in [0.3, 0.4) is 0 Å². The predicted octanol–water partition coefficient (Wildman–Crippen LogP) is 1.48.